The van der Waals surface area contributed by atoms with Crippen LogP contribution in [0.15, 0.2) is 12.2 Å². The van der Waals surface area contributed by atoms with E-state index < -0.39 is 7.82 Å². The third-order valence-corrected chi connectivity index (χ3v) is 3.67. The molecule has 0 radical (unpaired) electrons. The summed E-state index contributed by atoms with van der Waals surface area (Å²) in [6.07, 6.45) is 23.2. The second-order valence-corrected chi connectivity index (χ2v) is 7.20. The topological polar surface area (TPSA) is 98.0 Å². The van der Waals surface area contributed by atoms with Gasteiger partial charge < -0.3 is 19.8 Å². The van der Waals surface area contributed by atoms with Gasteiger partial charge in [-0.05, 0) is 32.1 Å². The number of hydrogen-bond donors (Lipinski definition) is 4. The molecule has 0 saturated heterocycles. The van der Waals surface area contributed by atoms with Crippen LogP contribution in [0.4, 0.5) is 0 Å². The van der Waals surface area contributed by atoms with Crippen LogP contribution in [0.5, 0.6) is 0 Å². The Morgan fingerprint density at radius 3 is 1.31 bits per heavy atom. The zero-order valence-electron chi connectivity index (χ0n) is 15.4. The molecular weight excluding hydrogens is 373 g/mol. The number of hydrogen-bond acceptors (Lipinski definition) is 2. The average Bonchev–Trinajstić information content (AvgIpc) is 2.49. The predicted molar refractivity (Wildman–Crippen MR) is 115 cm³/mol. The molecule has 4 N–H and O–H groups in total. The normalized spacial score (nSPS) is 10.7. The molecule has 0 atom stereocenters. The first-order valence-electron chi connectivity index (χ1n) is 9.46. The standard InChI is InChI=1S/C18H36O.2Na.H3O4P.2H/c1-2-3-4-5-6-7-8-9-10-11-12-13-14-15-16-17-18-19;;;1-5(2,3)4;;/h9-10,19H,2-8,11-18H2,1H3;;;(H3,1,2,3,4);;/b10-9-;;;;;. The molecule has 0 spiro atoms. The number of rotatable bonds is 15. The molecule has 8 heteroatoms. The van der Waals surface area contributed by atoms with Crippen molar-refractivity contribution in [3.8, 4) is 0 Å². The average molecular weight is 414 g/mol. The molecule has 0 aromatic rings. The Bertz CT molecular complexity index is 304. The first-order valence-corrected chi connectivity index (χ1v) is 11.0. The van der Waals surface area contributed by atoms with Gasteiger partial charge in [-0.15, -0.1) is 0 Å². The van der Waals surface area contributed by atoms with Crippen LogP contribution in [0.3, 0.4) is 0 Å². The van der Waals surface area contributed by atoms with Crippen LogP contribution < -0.4 is 0 Å². The summed E-state index contributed by atoms with van der Waals surface area (Å²) in [5.41, 5.74) is 0. The van der Waals surface area contributed by atoms with Crippen LogP contribution >= 0.6 is 7.82 Å². The number of aliphatic hydroxyl groups excluding tert-OH is 1. The van der Waals surface area contributed by atoms with E-state index >= 15 is 0 Å². The molecule has 0 unspecified atom stereocenters. The Hall–Kier alpha value is 1.81. The summed E-state index contributed by atoms with van der Waals surface area (Å²) < 4.78 is 8.88. The molecule has 0 aromatic heterocycles. The molecule has 0 rings (SSSR count). The fourth-order valence-electron chi connectivity index (χ4n) is 2.36. The van der Waals surface area contributed by atoms with Crippen molar-refractivity contribution in [2.24, 2.45) is 0 Å². The van der Waals surface area contributed by atoms with E-state index in [-0.39, 0.29) is 59.1 Å². The Labute approximate surface area is 205 Å². The van der Waals surface area contributed by atoms with Gasteiger partial charge in [-0.25, -0.2) is 4.57 Å². The van der Waals surface area contributed by atoms with Gasteiger partial charge in [0.2, 0.25) is 0 Å². The molecule has 0 saturated carbocycles. The molecule has 26 heavy (non-hydrogen) atoms. The second-order valence-electron chi connectivity index (χ2n) is 6.17. The van der Waals surface area contributed by atoms with Crippen LogP contribution in [0.2, 0.25) is 0 Å². The fourth-order valence-corrected chi connectivity index (χ4v) is 2.36. The third kappa shape index (κ3) is 50.1. The van der Waals surface area contributed by atoms with Crippen LogP contribution in [0.25, 0.3) is 0 Å². The van der Waals surface area contributed by atoms with Gasteiger partial charge in [0.05, 0.1) is 0 Å². The summed E-state index contributed by atoms with van der Waals surface area (Å²) >= 11 is 0. The fraction of sp³-hybridized carbons (Fsp3) is 0.889. The maximum atomic E-state index is 8.88. The van der Waals surface area contributed by atoms with Crippen LogP contribution in [-0.4, -0.2) is 85.5 Å². The van der Waals surface area contributed by atoms with Crippen molar-refractivity contribution in [1.82, 2.24) is 0 Å². The Morgan fingerprint density at radius 2 is 0.962 bits per heavy atom. The Balaban J connectivity index is -0.000000304. The van der Waals surface area contributed by atoms with E-state index in [9.17, 15) is 0 Å². The van der Waals surface area contributed by atoms with Crippen molar-refractivity contribution < 1.29 is 24.4 Å². The van der Waals surface area contributed by atoms with Gasteiger partial charge in [0.25, 0.3) is 0 Å². The quantitative estimate of drug-likeness (QED) is 0.141. The van der Waals surface area contributed by atoms with Crippen molar-refractivity contribution >= 4 is 66.9 Å². The molecular formula is C18H41Na2O5P. The second kappa shape index (κ2) is 29.0. The third-order valence-electron chi connectivity index (χ3n) is 3.67. The predicted octanol–water partition coefficient (Wildman–Crippen LogP) is 3.79. The summed E-state index contributed by atoms with van der Waals surface area (Å²) in [7, 11) is -4.64. The van der Waals surface area contributed by atoms with E-state index in [0.29, 0.717) is 6.61 Å². The first kappa shape index (κ1) is 35.3. The Morgan fingerprint density at radius 1 is 0.654 bits per heavy atom. The summed E-state index contributed by atoms with van der Waals surface area (Å²) in [6, 6.07) is 0. The van der Waals surface area contributed by atoms with E-state index in [0.717, 1.165) is 6.42 Å². The van der Waals surface area contributed by atoms with Crippen molar-refractivity contribution in [1.29, 1.82) is 0 Å². The van der Waals surface area contributed by atoms with Crippen LogP contribution in [0.1, 0.15) is 96.8 Å². The molecule has 0 heterocycles. The van der Waals surface area contributed by atoms with Gasteiger partial charge in [0, 0.05) is 6.61 Å². The number of unbranched alkanes of at least 4 members (excludes halogenated alkanes) is 12. The zero-order chi connectivity index (χ0) is 18.5. The van der Waals surface area contributed by atoms with Gasteiger partial charge >= 0.3 is 66.9 Å². The number of allylic oxidation sites excluding steroid dienone is 2. The maximum absolute atomic E-state index is 8.88. The van der Waals surface area contributed by atoms with E-state index in [4.69, 9.17) is 24.4 Å². The molecule has 5 nitrogen and oxygen atoms in total. The summed E-state index contributed by atoms with van der Waals surface area (Å²) in [5.74, 6) is 0. The van der Waals surface area contributed by atoms with Crippen molar-refractivity contribution in [3.05, 3.63) is 12.2 Å². The van der Waals surface area contributed by atoms with Crippen molar-refractivity contribution in [2.45, 2.75) is 96.8 Å². The SMILES string of the molecule is CCCCCCCC/C=C\CCCCCCCCO.O=P(O)(O)O.[NaH].[NaH]. The summed E-state index contributed by atoms with van der Waals surface area (Å²) in [4.78, 5) is 21.6. The van der Waals surface area contributed by atoms with Crippen LogP contribution in [0, 0.1) is 0 Å². The van der Waals surface area contributed by atoms with Gasteiger partial charge in [0.1, 0.15) is 0 Å². The molecule has 0 aliphatic carbocycles. The minimum atomic E-state index is -4.64. The molecule has 0 aliphatic heterocycles. The van der Waals surface area contributed by atoms with Gasteiger partial charge in [0.15, 0.2) is 0 Å². The molecule has 150 valence electrons. The van der Waals surface area contributed by atoms with E-state index in [2.05, 4.69) is 19.1 Å². The van der Waals surface area contributed by atoms with Gasteiger partial charge in [-0.1, -0.05) is 76.9 Å². The van der Waals surface area contributed by atoms with Crippen molar-refractivity contribution in [2.75, 3.05) is 6.61 Å². The van der Waals surface area contributed by atoms with Crippen LogP contribution in [-0.2, 0) is 4.57 Å². The van der Waals surface area contributed by atoms with Gasteiger partial charge in [-0.2, -0.15) is 0 Å². The molecule has 0 amide bonds. The zero-order valence-corrected chi connectivity index (χ0v) is 16.3. The monoisotopic (exact) mass is 414 g/mol. The minimum absolute atomic E-state index is 0. The number of aliphatic hydroxyl groups is 1. The molecule has 0 aromatic carbocycles. The summed E-state index contributed by atoms with van der Waals surface area (Å²) in [5, 5.41) is 8.66. The molecule has 0 fully saturated rings. The van der Waals surface area contributed by atoms with Gasteiger partial charge in [-0.3, -0.25) is 0 Å². The van der Waals surface area contributed by atoms with E-state index in [1.165, 1.54) is 83.5 Å². The van der Waals surface area contributed by atoms with Crippen molar-refractivity contribution in [3.63, 3.8) is 0 Å². The summed E-state index contributed by atoms with van der Waals surface area (Å²) in [6.45, 7) is 2.64. The van der Waals surface area contributed by atoms with E-state index in [1.807, 2.05) is 0 Å². The molecule has 0 bridgehead atoms. The first-order chi connectivity index (χ1) is 11.4. The van der Waals surface area contributed by atoms with E-state index in [1.54, 1.807) is 0 Å². The number of phosphoric acid groups is 1. The Kier molecular flexibility index (Phi) is 39.3. The molecule has 0 aliphatic rings.